The zero-order valence-electron chi connectivity index (χ0n) is 8.92. The summed E-state index contributed by atoms with van der Waals surface area (Å²) in [4.78, 5) is 12.0. The van der Waals surface area contributed by atoms with E-state index in [4.69, 9.17) is 34.8 Å². The predicted molar refractivity (Wildman–Crippen MR) is 69.4 cm³/mol. The quantitative estimate of drug-likeness (QED) is 0.741. The Labute approximate surface area is 111 Å². The second-order valence-electron chi connectivity index (χ2n) is 3.61. The molecular weight excluding hydrogens is 266 g/mol. The zero-order chi connectivity index (χ0) is 12.2. The number of carbonyl (C=O) groups excluding carboxylic acids is 1. The second kappa shape index (κ2) is 5.90. The van der Waals surface area contributed by atoms with E-state index in [9.17, 15) is 4.79 Å². The Kier molecular flexibility index (Phi) is 5.10. The summed E-state index contributed by atoms with van der Waals surface area (Å²) in [5.74, 6) is -0.691. The maximum absolute atomic E-state index is 12.0. The normalized spacial score (nSPS) is 13.5. The van der Waals surface area contributed by atoms with Gasteiger partial charge in [-0.1, -0.05) is 78.5 Å². The summed E-state index contributed by atoms with van der Waals surface area (Å²) < 4.78 is -1.84. The molecule has 0 aliphatic carbocycles. The molecule has 1 aromatic carbocycles. The van der Waals surface area contributed by atoms with E-state index >= 15 is 0 Å². The molecule has 0 bridgehead atoms. The van der Waals surface area contributed by atoms with Gasteiger partial charge in [-0.05, 0) is 12.0 Å². The van der Waals surface area contributed by atoms with Crippen LogP contribution in [0.25, 0.3) is 0 Å². The highest BCUT2D eigenvalue weighted by molar-refractivity contribution is 6.76. The Bertz CT molecular complexity index is 343. The summed E-state index contributed by atoms with van der Waals surface area (Å²) in [6, 6.07) is 9.42. The van der Waals surface area contributed by atoms with Gasteiger partial charge in [0.05, 0.1) is 0 Å². The highest BCUT2D eigenvalue weighted by atomic mass is 35.6. The minimum Gasteiger partial charge on any atom is -0.294 e. The van der Waals surface area contributed by atoms with Crippen LogP contribution in [0.15, 0.2) is 30.3 Å². The first-order chi connectivity index (χ1) is 7.46. The molecular formula is C12H13Cl3O. The topological polar surface area (TPSA) is 17.1 Å². The van der Waals surface area contributed by atoms with Crippen molar-refractivity contribution in [1.29, 1.82) is 0 Å². The highest BCUT2D eigenvalue weighted by Crippen LogP contribution is 2.36. The van der Waals surface area contributed by atoms with Crippen LogP contribution in [-0.4, -0.2) is 9.58 Å². The molecule has 0 N–H and O–H groups in total. The van der Waals surface area contributed by atoms with Crippen molar-refractivity contribution in [3.63, 3.8) is 0 Å². The Hall–Kier alpha value is -0.240. The van der Waals surface area contributed by atoms with E-state index in [1.165, 1.54) is 0 Å². The standard InChI is InChI=1S/C12H13Cl3O/c1-2-6-10(11(16)12(13,14)15)9-7-4-3-5-8-9/h3-5,7-8,10H,2,6H2,1H3. The van der Waals surface area contributed by atoms with Crippen LogP contribution in [0, 0.1) is 0 Å². The van der Waals surface area contributed by atoms with Crippen molar-refractivity contribution in [3.05, 3.63) is 35.9 Å². The molecule has 0 amide bonds. The van der Waals surface area contributed by atoms with Gasteiger partial charge >= 0.3 is 0 Å². The maximum Gasteiger partial charge on any atom is 0.249 e. The molecule has 1 atom stereocenters. The number of Topliss-reactive ketones (excluding diaryl/α,β-unsaturated/α-hetero) is 1. The minimum absolute atomic E-state index is 0.335. The maximum atomic E-state index is 12.0. The van der Waals surface area contributed by atoms with E-state index in [1.807, 2.05) is 37.3 Å². The molecule has 0 saturated carbocycles. The molecule has 0 radical (unpaired) electrons. The first kappa shape index (κ1) is 13.8. The van der Waals surface area contributed by atoms with E-state index in [0.717, 1.165) is 12.0 Å². The molecule has 1 nitrogen and oxygen atoms in total. The van der Waals surface area contributed by atoms with Crippen LogP contribution in [-0.2, 0) is 4.79 Å². The molecule has 1 unspecified atom stereocenters. The molecule has 0 aliphatic heterocycles. The summed E-state index contributed by atoms with van der Waals surface area (Å²) in [5.41, 5.74) is 0.903. The average Bonchev–Trinajstić information content (AvgIpc) is 2.25. The molecule has 1 rings (SSSR count). The molecule has 88 valence electrons. The van der Waals surface area contributed by atoms with Crippen LogP contribution in [0.3, 0.4) is 0 Å². The zero-order valence-corrected chi connectivity index (χ0v) is 11.2. The third-order valence-electron chi connectivity index (χ3n) is 2.38. The minimum atomic E-state index is -1.84. The lowest BCUT2D eigenvalue weighted by Crippen LogP contribution is -2.26. The van der Waals surface area contributed by atoms with Gasteiger partial charge in [0.2, 0.25) is 3.79 Å². The number of rotatable bonds is 4. The van der Waals surface area contributed by atoms with Gasteiger partial charge in [0.1, 0.15) is 0 Å². The van der Waals surface area contributed by atoms with E-state index in [1.54, 1.807) is 0 Å². The number of alkyl halides is 3. The monoisotopic (exact) mass is 278 g/mol. The second-order valence-corrected chi connectivity index (χ2v) is 5.90. The fourth-order valence-electron chi connectivity index (χ4n) is 1.62. The third-order valence-corrected chi connectivity index (χ3v) is 2.93. The summed E-state index contributed by atoms with van der Waals surface area (Å²) in [6.07, 6.45) is 1.56. The van der Waals surface area contributed by atoms with Crippen molar-refractivity contribution in [2.24, 2.45) is 0 Å². The number of benzene rings is 1. The van der Waals surface area contributed by atoms with Crippen molar-refractivity contribution < 1.29 is 4.79 Å². The van der Waals surface area contributed by atoms with Crippen molar-refractivity contribution in [2.75, 3.05) is 0 Å². The van der Waals surface area contributed by atoms with Gasteiger partial charge in [0.25, 0.3) is 0 Å². The van der Waals surface area contributed by atoms with Gasteiger partial charge < -0.3 is 0 Å². The smallest absolute Gasteiger partial charge is 0.249 e. The molecule has 0 aliphatic rings. The molecule has 0 spiro atoms. The summed E-state index contributed by atoms with van der Waals surface area (Å²) >= 11 is 16.9. The van der Waals surface area contributed by atoms with E-state index < -0.39 is 3.79 Å². The first-order valence-corrected chi connectivity index (χ1v) is 6.26. The SMILES string of the molecule is CCCC(C(=O)C(Cl)(Cl)Cl)c1ccccc1. The van der Waals surface area contributed by atoms with Crippen LogP contribution in [0.5, 0.6) is 0 Å². The van der Waals surface area contributed by atoms with Gasteiger partial charge in [-0.15, -0.1) is 0 Å². The van der Waals surface area contributed by atoms with E-state index in [0.29, 0.717) is 6.42 Å². The summed E-state index contributed by atoms with van der Waals surface area (Å²) in [5, 5.41) is 0. The number of hydrogen-bond acceptors (Lipinski definition) is 1. The predicted octanol–water partition coefficient (Wildman–Crippen LogP) is 4.51. The van der Waals surface area contributed by atoms with E-state index in [-0.39, 0.29) is 11.7 Å². The highest BCUT2D eigenvalue weighted by Gasteiger charge is 2.36. The molecule has 16 heavy (non-hydrogen) atoms. The van der Waals surface area contributed by atoms with Gasteiger partial charge in [-0.2, -0.15) is 0 Å². The lowest BCUT2D eigenvalue weighted by molar-refractivity contribution is -0.119. The molecule has 4 heteroatoms. The third kappa shape index (κ3) is 3.65. The van der Waals surface area contributed by atoms with Crippen molar-refractivity contribution in [1.82, 2.24) is 0 Å². The van der Waals surface area contributed by atoms with Gasteiger partial charge in [0, 0.05) is 5.92 Å². The molecule has 0 saturated heterocycles. The van der Waals surface area contributed by atoms with Crippen LogP contribution in [0.1, 0.15) is 31.2 Å². The van der Waals surface area contributed by atoms with Crippen LogP contribution < -0.4 is 0 Å². The van der Waals surface area contributed by atoms with Crippen molar-refractivity contribution in [2.45, 2.75) is 29.5 Å². The van der Waals surface area contributed by atoms with Crippen molar-refractivity contribution in [3.8, 4) is 0 Å². The average molecular weight is 280 g/mol. The fraction of sp³-hybridized carbons (Fsp3) is 0.417. The fourth-order valence-corrected chi connectivity index (χ4v) is 2.02. The van der Waals surface area contributed by atoms with Crippen LogP contribution in [0.2, 0.25) is 0 Å². The first-order valence-electron chi connectivity index (χ1n) is 5.12. The Balaban J connectivity index is 2.97. The lowest BCUT2D eigenvalue weighted by Gasteiger charge is -2.19. The van der Waals surface area contributed by atoms with Gasteiger partial charge in [-0.25, -0.2) is 0 Å². The van der Waals surface area contributed by atoms with E-state index in [2.05, 4.69) is 0 Å². The van der Waals surface area contributed by atoms with Crippen LogP contribution in [0.4, 0.5) is 0 Å². The number of hydrogen-bond donors (Lipinski definition) is 0. The van der Waals surface area contributed by atoms with Gasteiger partial charge in [0.15, 0.2) is 5.78 Å². The van der Waals surface area contributed by atoms with Crippen LogP contribution >= 0.6 is 34.8 Å². The molecule has 0 heterocycles. The Morgan fingerprint density at radius 2 is 1.81 bits per heavy atom. The van der Waals surface area contributed by atoms with Gasteiger partial charge in [-0.3, -0.25) is 4.79 Å². The Morgan fingerprint density at radius 3 is 2.25 bits per heavy atom. The largest absolute Gasteiger partial charge is 0.294 e. The Morgan fingerprint density at radius 1 is 1.25 bits per heavy atom. The molecule has 0 aromatic heterocycles. The van der Waals surface area contributed by atoms with Crippen molar-refractivity contribution >= 4 is 40.6 Å². The molecule has 1 aromatic rings. The number of carbonyl (C=O) groups is 1. The molecule has 0 fully saturated rings. The number of ketones is 1. The summed E-state index contributed by atoms with van der Waals surface area (Å²) in [6.45, 7) is 2.00. The number of halogens is 3. The summed E-state index contributed by atoms with van der Waals surface area (Å²) in [7, 11) is 0. The lowest BCUT2D eigenvalue weighted by atomic mass is 9.91.